The largest absolute Gasteiger partial charge is 0.313 e. The number of hydroxylamine groups is 2. The number of hydrogen-bond donors (Lipinski definition) is 1. The van der Waals surface area contributed by atoms with Crippen molar-refractivity contribution in [1.29, 1.82) is 0 Å². The molecule has 2 atom stereocenters. The molecule has 0 aromatic heterocycles. The highest BCUT2D eigenvalue weighted by molar-refractivity contribution is 9.09. The van der Waals surface area contributed by atoms with E-state index in [-0.39, 0.29) is 6.54 Å². The minimum Gasteiger partial charge on any atom is -0.313 e. The van der Waals surface area contributed by atoms with Crippen LogP contribution in [0.4, 0.5) is 0 Å². The zero-order valence-corrected chi connectivity index (χ0v) is 12.8. The first-order valence-corrected chi connectivity index (χ1v) is 7.33. The Balaban J connectivity index is 2.25. The first-order valence-electron chi connectivity index (χ1n) is 6.41. The van der Waals surface area contributed by atoms with Gasteiger partial charge in [0.25, 0.3) is 4.95 Å². The number of rotatable bonds is 6. The first kappa shape index (κ1) is 15.6. The molecule has 0 aliphatic heterocycles. The van der Waals surface area contributed by atoms with E-state index in [1.165, 1.54) is 0 Å². The van der Waals surface area contributed by atoms with Crippen LogP contribution in [0.15, 0.2) is 60.7 Å². The van der Waals surface area contributed by atoms with E-state index in [0.717, 1.165) is 10.6 Å². The molecule has 0 bridgehead atoms. The van der Waals surface area contributed by atoms with Crippen LogP contribution in [-0.4, -0.2) is 20.1 Å². The predicted molar refractivity (Wildman–Crippen MR) is 82.7 cm³/mol. The minimum absolute atomic E-state index is 0.205. The van der Waals surface area contributed by atoms with Gasteiger partial charge in [-0.05, 0) is 27.1 Å². The third kappa shape index (κ3) is 4.10. The summed E-state index contributed by atoms with van der Waals surface area (Å²) in [5.41, 5.74) is 1.55. The smallest absolute Gasteiger partial charge is 0.287 e. The molecule has 0 saturated carbocycles. The van der Waals surface area contributed by atoms with E-state index in [1.807, 2.05) is 36.4 Å². The van der Waals surface area contributed by atoms with Gasteiger partial charge in [-0.3, -0.25) is 10.1 Å². The summed E-state index contributed by atoms with van der Waals surface area (Å²) in [6, 6.07) is 17.5. The Morgan fingerprint density at radius 1 is 1.10 bits per heavy atom. The van der Waals surface area contributed by atoms with Crippen molar-refractivity contribution in [3.05, 3.63) is 81.9 Å². The van der Waals surface area contributed by atoms with Crippen LogP contribution in [0.1, 0.15) is 17.2 Å². The fourth-order valence-electron chi connectivity index (χ4n) is 2.11. The Hall–Kier alpha value is -1.76. The van der Waals surface area contributed by atoms with Crippen LogP contribution in [0, 0.1) is 10.1 Å². The molecule has 2 rings (SSSR count). The number of halogens is 1. The lowest BCUT2D eigenvalue weighted by molar-refractivity contribution is -0.506. The van der Waals surface area contributed by atoms with Crippen LogP contribution in [-0.2, 0) is 6.54 Å². The van der Waals surface area contributed by atoms with Crippen molar-refractivity contribution < 1.29 is 10.1 Å². The topological polar surface area (TPSA) is 66.6 Å². The lowest BCUT2D eigenvalue weighted by Crippen LogP contribution is -2.35. The van der Waals surface area contributed by atoms with Gasteiger partial charge >= 0.3 is 0 Å². The van der Waals surface area contributed by atoms with Gasteiger partial charge in [0.05, 0.1) is 0 Å². The maximum atomic E-state index is 11.1. The maximum Gasteiger partial charge on any atom is 0.287 e. The lowest BCUT2D eigenvalue weighted by atomic mass is 10.1. The molecule has 0 radical (unpaired) electrons. The summed E-state index contributed by atoms with van der Waals surface area (Å²) in [7, 11) is 0. The predicted octanol–water partition coefficient (Wildman–Crippen LogP) is 3.62. The molecule has 5 nitrogen and oxygen atoms in total. The van der Waals surface area contributed by atoms with Crippen LogP contribution < -0.4 is 0 Å². The van der Waals surface area contributed by atoms with E-state index < -0.39 is 15.9 Å². The average molecular weight is 351 g/mol. The fraction of sp³-hybridized carbons (Fsp3) is 0.200. The summed E-state index contributed by atoms with van der Waals surface area (Å²) in [6.07, 6.45) is 0. The molecule has 2 aromatic rings. The molecular formula is C15H15BrN2O3. The molecule has 1 N–H and O–H groups in total. The van der Waals surface area contributed by atoms with Crippen molar-refractivity contribution in [2.24, 2.45) is 0 Å². The molecule has 0 aliphatic rings. The monoisotopic (exact) mass is 350 g/mol. The van der Waals surface area contributed by atoms with Gasteiger partial charge in [-0.25, -0.2) is 0 Å². The van der Waals surface area contributed by atoms with E-state index in [2.05, 4.69) is 15.9 Å². The lowest BCUT2D eigenvalue weighted by Gasteiger charge is -2.26. The van der Waals surface area contributed by atoms with Crippen molar-refractivity contribution >= 4 is 15.9 Å². The van der Waals surface area contributed by atoms with Gasteiger partial charge in [-0.1, -0.05) is 60.7 Å². The number of hydrogen-bond acceptors (Lipinski definition) is 4. The zero-order chi connectivity index (χ0) is 15.2. The first-order chi connectivity index (χ1) is 10.1. The van der Waals surface area contributed by atoms with Crippen LogP contribution in [0.2, 0.25) is 0 Å². The Morgan fingerprint density at radius 3 is 2.14 bits per heavy atom. The van der Waals surface area contributed by atoms with Gasteiger partial charge in [-0.15, -0.1) is 0 Å². The van der Waals surface area contributed by atoms with Crippen LogP contribution in [0.25, 0.3) is 0 Å². The summed E-state index contributed by atoms with van der Waals surface area (Å²) >= 11 is 3.06. The molecule has 0 aliphatic carbocycles. The molecule has 0 spiro atoms. The van der Waals surface area contributed by atoms with Crippen molar-refractivity contribution in [3.63, 3.8) is 0 Å². The highest BCUT2D eigenvalue weighted by Gasteiger charge is 2.34. The Morgan fingerprint density at radius 2 is 1.62 bits per heavy atom. The summed E-state index contributed by atoms with van der Waals surface area (Å²) in [5.74, 6) is 0. The van der Waals surface area contributed by atoms with Crippen LogP contribution in [0.5, 0.6) is 0 Å². The Bertz CT molecular complexity index is 580. The SMILES string of the molecule is O=[N+]([O-])[C@@H](Br)[C@H](c1ccccc1)N(O)Cc1ccccc1. The second-order valence-corrected chi connectivity index (χ2v) is 5.53. The molecule has 0 fully saturated rings. The maximum absolute atomic E-state index is 11.1. The average Bonchev–Trinajstić information content (AvgIpc) is 2.49. The molecule has 0 amide bonds. The summed E-state index contributed by atoms with van der Waals surface area (Å²) in [6.45, 7) is 0.205. The second kappa shape index (κ2) is 7.31. The number of alkyl halides is 1. The van der Waals surface area contributed by atoms with Crippen LogP contribution >= 0.6 is 15.9 Å². The van der Waals surface area contributed by atoms with E-state index in [4.69, 9.17) is 0 Å². The third-order valence-corrected chi connectivity index (χ3v) is 3.95. The van der Waals surface area contributed by atoms with Gasteiger partial charge in [0.2, 0.25) is 0 Å². The molecule has 0 saturated heterocycles. The summed E-state index contributed by atoms with van der Waals surface area (Å²) in [4.78, 5) is 9.54. The van der Waals surface area contributed by atoms with E-state index >= 15 is 0 Å². The minimum atomic E-state index is -1.10. The molecule has 0 heterocycles. The molecular weight excluding hydrogens is 336 g/mol. The number of nitro groups is 1. The molecule has 6 heteroatoms. The summed E-state index contributed by atoms with van der Waals surface area (Å²) in [5, 5.41) is 22.4. The number of nitrogens with zero attached hydrogens (tertiary/aromatic N) is 2. The van der Waals surface area contributed by atoms with Gasteiger partial charge in [0.15, 0.2) is 0 Å². The van der Waals surface area contributed by atoms with Crippen molar-refractivity contribution in [2.75, 3.05) is 0 Å². The van der Waals surface area contributed by atoms with E-state index in [1.54, 1.807) is 24.3 Å². The quantitative estimate of drug-likeness (QED) is 0.374. The van der Waals surface area contributed by atoms with Gasteiger partial charge < -0.3 is 5.21 Å². The molecule has 21 heavy (non-hydrogen) atoms. The van der Waals surface area contributed by atoms with Gasteiger partial charge in [0, 0.05) is 11.5 Å². The van der Waals surface area contributed by atoms with Gasteiger partial charge in [-0.2, -0.15) is 5.06 Å². The second-order valence-electron chi connectivity index (χ2n) is 4.60. The van der Waals surface area contributed by atoms with Crippen LogP contribution in [0.3, 0.4) is 0 Å². The standard InChI is InChI=1S/C15H15BrN2O3/c16-15(18(20)21)14(13-9-5-2-6-10-13)17(19)11-12-7-3-1-4-8-12/h1-10,14-15,19H,11H2/t14-,15+/m0/s1. The fourth-order valence-corrected chi connectivity index (χ4v) is 2.69. The van der Waals surface area contributed by atoms with Crippen molar-refractivity contribution in [1.82, 2.24) is 5.06 Å². The molecule has 0 unspecified atom stereocenters. The zero-order valence-electron chi connectivity index (χ0n) is 11.2. The highest BCUT2D eigenvalue weighted by atomic mass is 79.9. The Labute approximate surface area is 131 Å². The highest BCUT2D eigenvalue weighted by Crippen LogP contribution is 2.29. The Kier molecular flexibility index (Phi) is 5.44. The summed E-state index contributed by atoms with van der Waals surface area (Å²) < 4.78 is 0. The molecule has 110 valence electrons. The normalized spacial score (nSPS) is 13.9. The van der Waals surface area contributed by atoms with E-state index in [9.17, 15) is 15.3 Å². The van der Waals surface area contributed by atoms with Crippen molar-refractivity contribution in [2.45, 2.75) is 17.5 Å². The van der Waals surface area contributed by atoms with Crippen molar-refractivity contribution in [3.8, 4) is 0 Å². The third-order valence-electron chi connectivity index (χ3n) is 3.11. The number of benzene rings is 2. The van der Waals surface area contributed by atoms with E-state index in [0.29, 0.717) is 5.56 Å². The molecule has 2 aromatic carbocycles. The van der Waals surface area contributed by atoms with Gasteiger partial charge in [0.1, 0.15) is 6.04 Å².